The van der Waals surface area contributed by atoms with Crippen LogP contribution in [-0.4, -0.2) is 49.1 Å². The van der Waals surface area contributed by atoms with Crippen LogP contribution in [0.25, 0.3) is 0 Å². The third-order valence-electron chi connectivity index (χ3n) is 6.81. The van der Waals surface area contributed by atoms with Crippen molar-refractivity contribution >= 4 is 0 Å². The molecule has 2 fully saturated rings. The molecule has 2 nitrogen and oxygen atoms in total. The van der Waals surface area contributed by atoms with Gasteiger partial charge in [-0.3, -0.25) is 0 Å². The van der Waals surface area contributed by atoms with Gasteiger partial charge in [-0.15, -0.1) is 0 Å². The number of likely N-dealkylation sites (tertiary alicyclic amines) is 2. The Balaban J connectivity index is 1.13. The summed E-state index contributed by atoms with van der Waals surface area (Å²) in [6.07, 6.45) is 5.93. The van der Waals surface area contributed by atoms with E-state index in [0.717, 1.165) is 26.2 Å². The third kappa shape index (κ3) is 5.64. The lowest BCUT2D eigenvalue weighted by atomic mass is 9.89. The molecule has 2 heterocycles. The van der Waals surface area contributed by atoms with E-state index in [1.807, 2.05) is 24.3 Å². The fourth-order valence-electron chi connectivity index (χ4n) is 4.97. The Labute approximate surface area is 173 Å². The first kappa shape index (κ1) is 20.5. The van der Waals surface area contributed by atoms with Crippen LogP contribution in [0.2, 0.25) is 0 Å². The smallest absolute Gasteiger partial charge is 0.123 e. The summed E-state index contributed by atoms with van der Waals surface area (Å²) in [5.41, 5.74) is 2.57. The van der Waals surface area contributed by atoms with Crippen LogP contribution in [0.4, 0.5) is 8.78 Å². The fourth-order valence-corrected chi connectivity index (χ4v) is 4.97. The third-order valence-corrected chi connectivity index (χ3v) is 6.81. The Hall–Kier alpha value is -1.78. The molecule has 156 valence electrons. The van der Waals surface area contributed by atoms with E-state index in [0.29, 0.717) is 11.8 Å². The Kier molecular flexibility index (Phi) is 6.94. The maximum Gasteiger partial charge on any atom is 0.123 e. The van der Waals surface area contributed by atoms with Gasteiger partial charge in [0.1, 0.15) is 11.6 Å². The molecular formula is C25H32F2N2. The highest BCUT2D eigenvalue weighted by molar-refractivity contribution is 5.22. The second-order valence-corrected chi connectivity index (χ2v) is 8.69. The van der Waals surface area contributed by atoms with Gasteiger partial charge in [0.15, 0.2) is 0 Å². The van der Waals surface area contributed by atoms with Crippen molar-refractivity contribution in [3.05, 3.63) is 71.3 Å². The average Bonchev–Trinajstić information content (AvgIpc) is 2.76. The molecular weight excluding hydrogens is 366 g/mol. The van der Waals surface area contributed by atoms with Gasteiger partial charge in [-0.1, -0.05) is 24.3 Å². The van der Waals surface area contributed by atoms with Crippen molar-refractivity contribution in [2.24, 2.45) is 0 Å². The summed E-state index contributed by atoms with van der Waals surface area (Å²) in [5, 5.41) is 0. The first-order valence-electron chi connectivity index (χ1n) is 11.1. The van der Waals surface area contributed by atoms with Crippen molar-refractivity contribution in [1.29, 1.82) is 0 Å². The molecule has 2 aromatic rings. The maximum atomic E-state index is 13.1. The number of benzene rings is 2. The van der Waals surface area contributed by atoms with Gasteiger partial charge in [-0.05, 0) is 119 Å². The summed E-state index contributed by atoms with van der Waals surface area (Å²) in [5.74, 6) is 0.871. The van der Waals surface area contributed by atoms with Gasteiger partial charge in [0.05, 0.1) is 0 Å². The van der Waals surface area contributed by atoms with Crippen molar-refractivity contribution in [2.45, 2.75) is 43.9 Å². The molecule has 2 saturated heterocycles. The molecule has 4 rings (SSSR count). The molecule has 0 aliphatic carbocycles. The van der Waals surface area contributed by atoms with Gasteiger partial charge in [0.25, 0.3) is 0 Å². The molecule has 0 amide bonds. The quantitative estimate of drug-likeness (QED) is 0.642. The Bertz CT molecular complexity index is 678. The highest BCUT2D eigenvalue weighted by Gasteiger charge is 2.22. The minimum absolute atomic E-state index is 0.145. The molecule has 0 radical (unpaired) electrons. The molecule has 0 N–H and O–H groups in total. The molecule has 0 unspecified atom stereocenters. The normalized spacial score (nSPS) is 20.2. The number of nitrogens with zero attached hydrogens (tertiary/aromatic N) is 2. The molecule has 29 heavy (non-hydrogen) atoms. The van der Waals surface area contributed by atoms with E-state index >= 15 is 0 Å². The van der Waals surface area contributed by atoms with Crippen LogP contribution < -0.4 is 0 Å². The van der Waals surface area contributed by atoms with Gasteiger partial charge in [-0.2, -0.15) is 0 Å². The van der Waals surface area contributed by atoms with Crippen LogP contribution in [-0.2, 0) is 0 Å². The minimum Gasteiger partial charge on any atom is -0.303 e. The molecule has 0 aromatic heterocycles. The standard InChI is InChI=1S/C25H32F2N2/c26-24-6-2-20(3-7-24)22-10-16-28(17-11-22)14-1-15-29-18-12-23(13-19-29)21-4-8-25(27)9-5-21/h2-9,22-23H,1,10-19H2. The monoisotopic (exact) mass is 398 g/mol. The second kappa shape index (κ2) is 9.82. The predicted molar refractivity (Wildman–Crippen MR) is 114 cm³/mol. The first-order valence-corrected chi connectivity index (χ1v) is 11.1. The Morgan fingerprint density at radius 2 is 0.931 bits per heavy atom. The number of rotatable bonds is 6. The molecule has 0 atom stereocenters. The van der Waals surface area contributed by atoms with Crippen molar-refractivity contribution < 1.29 is 8.78 Å². The molecule has 2 aliphatic heterocycles. The van der Waals surface area contributed by atoms with E-state index in [4.69, 9.17) is 0 Å². The summed E-state index contributed by atoms with van der Waals surface area (Å²) in [4.78, 5) is 5.18. The summed E-state index contributed by atoms with van der Waals surface area (Å²) < 4.78 is 26.2. The van der Waals surface area contributed by atoms with E-state index in [9.17, 15) is 8.78 Å². The number of hydrogen-bond donors (Lipinski definition) is 0. The van der Waals surface area contributed by atoms with Crippen LogP contribution >= 0.6 is 0 Å². The summed E-state index contributed by atoms with van der Waals surface area (Å²) in [6.45, 7) is 6.94. The predicted octanol–water partition coefficient (Wildman–Crippen LogP) is 5.41. The zero-order chi connectivity index (χ0) is 20.1. The van der Waals surface area contributed by atoms with Crippen LogP contribution in [0.5, 0.6) is 0 Å². The van der Waals surface area contributed by atoms with Crippen LogP contribution in [0, 0.1) is 11.6 Å². The maximum absolute atomic E-state index is 13.1. The molecule has 2 aromatic carbocycles. The Morgan fingerprint density at radius 1 is 0.586 bits per heavy atom. The Morgan fingerprint density at radius 3 is 1.28 bits per heavy atom. The molecule has 4 heteroatoms. The zero-order valence-electron chi connectivity index (χ0n) is 17.2. The summed E-state index contributed by atoms with van der Waals surface area (Å²) in [7, 11) is 0. The van der Waals surface area contributed by atoms with Crippen molar-refractivity contribution in [3.8, 4) is 0 Å². The first-order chi connectivity index (χ1) is 14.2. The lowest BCUT2D eigenvalue weighted by molar-refractivity contribution is 0.175. The highest BCUT2D eigenvalue weighted by Crippen LogP contribution is 2.29. The van der Waals surface area contributed by atoms with E-state index in [-0.39, 0.29) is 11.6 Å². The van der Waals surface area contributed by atoms with Gasteiger partial charge in [-0.25, -0.2) is 8.78 Å². The van der Waals surface area contributed by atoms with Crippen molar-refractivity contribution in [2.75, 3.05) is 39.3 Å². The summed E-state index contributed by atoms with van der Waals surface area (Å²) >= 11 is 0. The second-order valence-electron chi connectivity index (χ2n) is 8.69. The van der Waals surface area contributed by atoms with Gasteiger partial charge >= 0.3 is 0 Å². The van der Waals surface area contributed by atoms with Crippen molar-refractivity contribution in [3.63, 3.8) is 0 Å². The van der Waals surface area contributed by atoms with Gasteiger partial charge in [0, 0.05) is 0 Å². The SMILES string of the molecule is Fc1ccc(C2CCN(CCCN3CCC(c4ccc(F)cc4)CC3)CC2)cc1. The summed E-state index contributed by atoms with van der Waals surface area (Å²) in [6, 6.07) is 14.1. The topological polar surface area (TPSA) is 6.48 Å². The van der Waals surface area contributed by atoms with Gasteiger partial charge in [0.2, 0.25) is 0 Å². The van der Waals surface area contributed by atoms with Crippen molar-refractivity contribution in [1.82, 2.24) is 9.80 Å². The van der Waals surface area contributed by atoms with Crippen LogP contribution in [0.15, 0.2) is 48.5 Å². The number of hydrogen-bond acceptors (Lipinski definition) is 2. The van der Waals surface area contributed by atoms with E-state index in [1.165, 1.54) is 56.3 Å². The van der Waals surface area contributed by atoms with E-state index < -0.39 is 0 Å². The zero-order valence-corrected chi connectivity index (χ0v) is 17.2. The van der Waals surface area contributed by atoms with E-state index in [2.05, 4.69) is 9.80 Å². The largest absolute Gasteiger partial charge is 0.303 e. The molecule has 0 spiro atoms. The molecule has 2 aliphatic rings. The lowest BCUT2D eigenvalue weighted by Crippen LogP contribution is -2.37. The number of piperidine rings is 2. The highest BCUT2D eigenvalue weighted by atomic mass is 19.1. The van der Waals surface area contributed by atoms with Crippen LogP contribution in [0.1, 0.15) is 55.1 Å². The lowest BCUT2D eigenvalue weighted by Gasteiger charge is -2.34. The van der Waals surface area contributed by atoms with Crippen LogP contribution in [0.3, 0.4) is 0 Å². The average molecular weight is 399 g/mol. The molecule has 0 saturated carbocycles. The van der Waals surface area contributed by atoms with E-state index in [1.54, 1.807) is 24.3 Å². The fraction of sp³-hybridized carbons (Fsp3) is 0.520. The molecule has 0 bridgehead atoms. The minimum atomic E-state index is -0.145. The number of halogens is 2. The van der Waals surface area contributed by atoms with Gasteiger partial charge < -0.3 is 9.80 Å².